The number of piperazine rings is 1. The van der Waals surface area contributed by atoms with Gasteiger partial charge < -0.3 is 15.1 Å². The molecular formula is C26H34N4O2. The Labute approximate surface area is 191 Å². The highest BCUT2D eigenvalue weighted by molar-refractivity contribution is 5.96. The van der Waals surface area contributed by atoms with Gasteiger partial charge in [0.1, 0.15) is 0 Å². The number of nitrogens with one attached hydrogen (secondary N) is 1. The molecular weight excluding hydrogens is 400 g/mol. The van der Waals surface area contributed by atoms with Crippen LogP contribution in [0, 0.1) is 5.92 Å². The van der Waals surface area contributed by atoms with Crippen molar-refractivity contribution in [2.45, 2.75) is 32.7 Å². The van der Waals surface area contributed by atoms with Crippen LogP contribution in [0.4, 0.5) is 11.4 Å². The van der Waals surface area contributed by atoms with E-state index in [-0.39, 0.29) is 17.7 Å². The summed E-state index contributed by atoms with van der Waals surface area (Å²) in [5, 5.41) is 2.98. The topological polar surface area (TPSA) is 55.9 Å². The van der Waals surface area contributed by atoms with Gasteiger partial charge in [-0.3, -0.25) is 14.5 Å². The molecule has 2 aromatic rings. The first-order valence-corrected chi connectivity index (χ1v) is 11.8. The van der Waals surface area contributed by atoms with Gasteiger partial charge in [-0.25, -0.2) is 0 Å². The predicted octanol–water partition coefficient (Wildman–Crippen LogP) is 3.71. The summed E-state index contributed by atoms with van der Waals surface area (Å²) in [7, 11) is 0. The molecule has 6 heteroatoms. The summed E-state index contributed by atoms with van der Waals surface area (Å²) in [6.07, 6.45) is 1.65. The Kier molecular flexibility index (Phi) is 7.10. The van der Waals surface area contributed by atoms with E-state index in [0.717, 1.165) is 44.7 Å². The highest BCUT2D eigenvalue weighted by atomic mass is 16.2. The molecule has 1 N–H and O–H groups in total. The van der Waals surface area contributed by atoms with Gasteiger partial charge in [0.2, 0.25) is 5.91 Å². The van der Waals surface area contributed by atoms with Crippen LogP contribution in [0.3, 0.4) is 0 Å². The number of rotatable bonds is 5. The number of benzene rings is 2. The second-order valence-electron chi connectivity index (χ2n) is 9.11. The Morgan fingerprint density at radius 1 is 0.906 bits per heavy atom. The number of piperidine rings is 1. The molecule has 2 aliphatic rings. The molecule has 2 saturated heterocycles. The first-order chi connectivity index (χ1) is 15.5. The van der Waals surface area contributed by atoms with E-state index in [9.17, 15) is 9.59 Å². The molecule has 1 unspecified atom stereocenters. The van der Waals surface area contributed by atoms with Crippen LogP contribution in [-0.2, 0) is 4.79 Å². The van der Waals surface area contributed by atoms with Gasteiger partial charge in [-0.1, -0.05) is 18.2 Å². The Bertz CT molecular complexity index is 905. The van der Waals surface area contributed by atoms with Gasteiger partial charge in [-0.15, -0.1) is 0 Å². The maximum Gasteiger partial charge on any atom is 0.253 e. The molecule has 2 amide bonds. The summed E-state index contributed by atoms with van der Waals surface area (Å²) in [5.41, 5.74) is 2.66. The van der Waals surface area contributed by atoms with Gasteiger partial charge in [0.15, 0.2) is 0 Å². The van der Waals surface area contributed by atoms with Crippen LogP contribution in [0.25, 0.3) is 0 Å². The third-order valence-corrected chi connectivity index (χ3v) is 6.64. The van der Waals surface area contributed by atoms with Crippen molar-refractivity contribution in [3.63, 3.8) is 0 Å². The van der Waals surface area contributed by atoms with Crippen LogP contribution in [0.2, 0.25) is 0 Å². The van der Waals surface area contributed by atoms with Crippen molar-refractivity contribution < 1.29 is 9.59 Å². The molecule has 170 valence electrons. The molecule has 0 spiro atoms. The predicted molar refractivity (Wildman–Crippen MR) is 129 cm³/mol. The van der Waals surface area contributed by atoms with Crippen LogP contribution in [-0.4, -0.2) is 66.9 Å². The van der Waals surface area contributed by atoms with Crippen LogP contribution in [0.5, 0.6) is 0 Å². The molecule has 0 aromatic heterocycles. The lowest BCUT2D eigenvalue weighted by atomic mass is 9.96. The summed E-state index contributed by atoms with van der Waals surface area (Å²) in [4.78, 5) is 32.5. The summed E-state index contributed by atoms with van der Waals surface area (Å²) in [6.45, 7) is 9.81. The minimum atomic E-state index is -0.176. The van der Waals surface area contributed by atoms with Gasteiger partial charge >= 0.3 is 0 Å². The average Bonchev–Trinajstić information content (AvgIpc) is 2.84. The fourth-order valence-electron chi connectivity index (χ4n) is 4.64. The van der Waals surface area contributed by atoms with Crippen molar-refractivity contribution in [2.24, 2.45) is 5.92 Å². The van der Waals surface area contributed by atoms with E-state index in [1.807, 2.05) is 47.4 Å². The van der Waals surface area contributed by atoms with Crippen LogP contribution in [0.1, 0.15) is 37.0 Å². The fourth-order valence-corrected chi connectivity index (χ4v) is 4.64. The first-order valence-electron chi connectivity index (χ1n) is 11.8. The van der Waals surface area contributed by atoms with Gasteiger partial charge in [-0.2, -0.15) is 0 Å². The second-order valence-corrected chi connectivity index (χ2v) is 9.11. The zero-order chi connectivity index (χ0) is 22.5. The molecule has 6 nitrogen and oxygen atoms in total. The number of amides is 2. The molecule has 0 saturated carbocycles. The third kappa shape index (κ3) is 5.30. The fraction of sp³-hybridized carbons (Fsp3) is 0.462. The standard InChI is InChI=1S/C26H34N4O2/c1-20(2)28-15-17-29(18-16-28)24-12-10-21(11-13-24)26(32)30-14-6-7-22(19-30)25(31)27-23-8-4-3-5-9-23/h3-5,8-13,20,22H,6-7,14-19H2,1-2H3,(H,27,31). The normalized spacial score (nSPS) is 19.8. The number of hydrogen-bond donors (Lipinski definition) is 1. The smallest absolute Gasteiger partial charge is 0.253 e. The SMILES string of the molecule is CC(C)N1CCN(c2ccc(C(=O)N3CCCC(C(=O)Nc4ccccc4)C3)cc2)CC1. The number of nitrogens with zero attached hydrogens (tertiary/aromatic N) is 3. The molecule has 1 atom stereocenters. The minimum Gasteiger partial charge on any atom is -0.369 e. The van der Waals surface area contributed by atoms with E-state index in [1.54, 1.807) is 0 Å². The van der Waals surface area contributed by atoms with E-state index >= 15 is 0 Å². The Morgan fingerprint density at radius 2 is 1.59 bits per heavy atom. The van der Waals surface area contributed by atoms with E-state index in [0.29, 0.717) is 24.7 Å². The summed E-state index contributed by atoms with van der Waals surface area (Å²) in [5.74, 6) is -0.174. The van der Waals surface area contributed by atoms with E-state index < -0.39 is 0 Å². The van der Waals surface area contributed by atoms with Crippen LogP contribution >= 0.6 is 0 Å². The lowest BCUT2D eigenvalue weighted by molar-refractivity contribution is -0.121. The van der Waals surface area contributed by atoms with E-state index in [2.05, 4.69) is 41.1 Å². The van der Waals surface area contributed by atoms with Crippen molar-refractivity contribution in [1.29, 1.82) is 0 Å². The number of hydrogen-bond acceptors (Lipinski definition) is 4. The van der Waals surface area contributed by atoms with Gasteiger partial charge in [0, 0.05) is 62.2 Å². The van der Waals surface area contributed by atoms with Crippen LogP contribution in [0.15, 0.2) is 54.6 Å². The van der Waals surface area contributed by atoms with Crippen LogP contribution < -0.4 is 10.2 Å². The van der Waals surface area contributed by atoms with Crippen molar-refractivity contribution in [3.8, 4) is 0 Å². The number of likely N-dealkylation sites (tertiary alicyclic amines) is 1. The largest absolute Gasteiger partial charge is 0.369 e. The number of carbonyl (C=O) groups is 2. The lowest BCUT2D eigenvalue weighted by Gasteiger charge is -2.38. The quantitative estimate of drug-likeness (QED) is 0.780. The lowest BCUT2D eigenvalue weighted by Crippen LogP contribution is -2.48. The number of anilines is 2. The Balaban J connectivity index is 1.34. The van der Waals surface area contributed by atoms with E-state index in [4.69, 9.17) is 0 Å². The number of carbonyl (C=O) groups excluding carboxylic acids is 2. The zero-order valence-electron chi connectivity index (χ0n) is 19.2. The van der Waals surface area contributed by atoms with E-state index in [1.165, 1.54) is 5.69 Å². The molecule has 2 fully saturated rings. The Hall–Kier alpha value is -2.86. The molecule has 0 aliphatic carbocycles. The van der Waals surface area contributed by atoms with Crippen molar-refractivity contribution in [3.05, 3.63) is 60.2 Å². The monoisotopic (exact) mass is 434 g/mol. The first kappa shape index (κ1) is 22.3. The minimum absolute atomic E-state index is 0.00964. The summed E-state index contributed by atoms with van der Waals surface area (Å²) in [6, 6.07) is 18.1. The van der Waals surface area contributed by atoms with Crippen molar-refractivity contribution in [1.82, 2.24) is 9.80 Å². The summed E-state index contributed by atoms with van der Waals surface area (Å²) < 4.78 is 0. The molecule has 0 bridgehead atoms. The molecule has 2 aliphatic heterocycles. The molecule has 32 heavy (non-hydrogen) atoms. The molecule has 0 radical (unpaired) electrons. The van der Waals surface area contributed by atoms with Crippen molar-refractivity contribution in [2.75, 3.05) is 49.5 Å². The summed E-state index contributed by atoms with van der Waals surface area (Å²) >= 11 is 0. The maximum absolute atomic E-state index is 13.1. The zero-order valence-corrected chi connectivity index (χ0v) is 19.2. The Morgan fingerprint density at radius 3 is 2.25 bits per heavy atom. The average molecular weight is 435 g/mol. The number of para-hydroxylation sites is 1. The van der Waals surface area contributed by atoms with Crippen molar-refractivity contribution >= 4 is 23.2 Å². The molecule has 2 aromatic carbocycles. The third-order valence-electron chi connectivity index (χ3n) is 6.64. The highest BCUT2D eigenvalue weighted by Crippen LogP contribution is 2.23. The van der Waals surface area contributed by atoms with Gasteiger partial charge in [-0.05, 0) is 63.1 Å². The second kappa shape index (κ2) is 10.2. The highest BCUT2D eigenvalue weighted by Gasteiger charge is 2.29. The maximum atomic E-state index is 13.1. The molecule has 4 rings (SSSR count). The van der Waals surface area contributed by atoms with Gasteiger partial charge in [0.25, 0.3) is 5.91 Å². The molecule has 2 heterocycles. The van der Waals surface area contributed by atoms with Gasteiger partial charge in [0.05, 0.1) is 5.92 Å².